The molecule has 0 unspecified atom stereocenters. The molecule has 0 saturated heterocycles. The van der Waals surface area contributed by atoms with Gasteiger partial charge in [-0.1, -0.05) is 0 Å². The fourth-order valence-electron chi connectivity index (χ4n) is 2.05. The molecule has 1 aromatic rings. The van der Waals surface area contributed by atoms with Gasteiger partial charge in [0.05, 0.1) is 11.5 Å². The number of hydrogen-bond donors (Lipinski definition) is 0. The first kappa shape index (κ1) is 20.8. The zero-order valence-electron chi connectivity index (χ0n) is 15.7. The highest BCUT2D eigenvalue weighted by Gasteiger charge is 2.14. The third-order valence-electron chi connectivity index (χ3n) is 3.45. The quantitative estimate of drug-likeness (QED) is 0.306. The molecule has 0 atom stereocenters. The molecule has 0 aliphatic rings. The Morgan fingerprint density at radius 2 is 1.68 bits per heavy atom. The van der Waals surface area contributed by atoms with Crippen LogP contribution in [0.15, 0.2) is 47.0 Å². The Balaban J connectivity index is 3.09. The monoisotopic (exact) mass is 362 g/mol. The highest BCUT2D eigenvalue weighted by molar-refractivity contribution is 8.03. The molecule has 0 N–H and O–H groups in total. The van der Waals surface area contributed by atoms with Crippen molar-refractivity contribution >= 4 is 29.2 Å². The first-order valence-corrected chi connectivity index (χ1v) is 9.16. The summed E-state index contributed by atoms with van der Waals surface area (Å²) in [6.07, 6.45) is 5.13. The zero-order valence-corrected chi connectivity index (χ0v) is 16.5. The van der Waals surface area contributed by atoms with E-state index in [1.807, 2.05) is 49.5 Å². The van der Waals surface area contributed by atoms with Crippen LogP contribution in [0.2, 0.25) is 0 Å². The van der Waals surface area contributed by atoms with E-state index in [0.717, 1.165) is 5.69 Å². The minimum atomic E-state index is -0.410. The van der Waals surface area contributed by atoms with E-state index in [1.165, 1.54) is 11.8 Å². The van der Waals surface area contributed by atoms with E-state index in [-0.39, 0.29) is 5.78 Å². The van der Waals surface area contributed by atoms with Crippen LogP contribution in [0, 0.1) is 0 Å². The van der Waals surface area contributed by atoms with Crippen molar-refractivity contribution in [2.75, 3.05) is 46.0 Å². The largest absolute Gasteiger partial charge is 0.461 e. The molecule has 0 aliphatic carbocycles. The van der Waals surface area contributed by atoms with Crippen LogP contribution in [0.1, 0.15) is 17.3 Å². The van der Waals surface area contributed by atoms with Crippen LogP contribution in [0.3, 0.4) is 0 Å². The molecule has 136 valence electrons. The second kappa shape index (κ2) is 9.93. The minimum Gasteiger partial charge on any atom is -0.461 e. The summed E-state index contributed by atoms with van der Waals surface area (Å²) >= 11 is 1.35. The molecule has 0 amide bonds. The lowest BCUT2D eigenvalue weighted by atomic mass is 10.1. The van der Waals surface area contributed by atoms with Crippen molar-refractivity contribution in [3.05, 3.63) is 52.6 Å². The lowest BCUT2D eigenvalue weighted by molar-refractivity contribution is -0.140. The summed E-state index contributed by atoms with van der Waals surface area (Å²) in [7, 11) is 7.42. The maximum atomic E-state index is 12.7. The lowest BCUT2D eigenvalue weighted by Gasteiger charge is -2.15. The SMILES string of the molecule is CCOC(=O)C(=CC=C(SC)C(=O)c1ccc(N(C)C)cc1)N(C)C. The molecule has 6 heteroatoms. The van der Waals surface area contributed by atoms with Crippen LogP contribution in [-0.4, -0.2) is 57.7 Å². The summed E-state index contributed by atoms with van der Waals surface area (Å²) in [5.74, 6) is -0.483. The van der Waals surface area contributed by atoms with Gasteiger partial charge in [-0.3, -0.25) is 4.79 Å². The number of Topliss-reactive ketones (excluding diaryl/α,β-unsaturated/α-hetero) is 1. The van der Waals surface area contributed by atoms with Crippen LogP contribution < -0.4 is 4.90 Å². The van der Waals surface area contributed by atoms with E-state index in [2.05, 4.69) is 0 Å². The number of nitrogens with zero attached hydrogens (tertiary/aromatic N) is 2. The van der Waals surface area contributed by atoms with Crippen LogP contribution in [0.5, 0.6) is 0 Å². The van der Waals surface area contributed by atoms with E-state index >= 15 is 0 Å². The molecule has 0 aromatic heterocycles. The van der Waals surface area contributed by atoms with Gasteiger partial charge in [-0.05, 0) is 49.6 Å². The molecule has 25 heavy (non-hydrogen) atoms. The number of rotatable bonds is 8. The van der Waals surface area contributed by atoms with Crippen LogP contribution >= 0.6 is 11.8 Å². The molecule has 0 saturated carbocycles. The van der Waals surface area contributed by atoms with E-state index in [0.29, 0.717) is 22.8 Å². The van der Waals surface area contributed by atoms with Gasteiger partial charge in [0, 0.05) is 39.4 Å². The average molecular weight is 362 g/mol. The number of likely N-dealkylation sites (N-methyl/N-ethyl adjacent to an activating group) is 1. The van der Waals surface area contributed by atoms with E-state index < -0.39 is 5.97 Å². The van der Waals surface area contributed by atoms with Gasteiger partial charge in [0.15, 0.2) is 5.78 Å². The van der Waals surface area contributed by atoms with Gasteiger partial charge in [-0.2, -0.15) is 0 Å². The number of allylic oxidation sites excluding steroid dienone is 3. The average Bonchev–Trinajstić information content (AvgIpc) is 2.58. The highest BCUT2D eigenvalue weighted by Crippen LogP contribution is 2.21. The number of carbonyl (C=O) groups is 2. The third-order valence-corrected chi connectivity index (χ3v) is 4.21. The van der Waals surface area contributed by atoms with Gasteiger partial charge in [0.1, 0.15) is 5.70 Å². The number of benzene rings is 1. The fraction of sp³-hybridized carbons (Fsp3) is 0.368. The smallest absolute Gasteiger partial charge is 0.354 e. The van der Waals surface area contributed by atoms with Gasteiger partial charge in [0.25, 0.3) is 0 Å². The molecule has 0 heterocycles. The van der Waals surface area contributed by atoms with Crippen molar-refractivity contribution in [2.45, 2.75) is 6.92 Å². The highest BCUT2D eigenvalue weighted by atomic mass is 32.2. The molecule has 1 rings (SSSR count). The summed E-state index contributed by atoms with van der Waals surface area (Å²) in [6, 6.07) is 7.43. The zero-order chi connectivity index (χ0) is 19.0. The Morgan fingerprint density at radius 3 is 2.12 bits per heavy atom. The van der Waals surface area contributed by atoms with Crippen molar-refractivity contribution in [1.29, 1.82) is 0 Å². The van der Waals surface area contributed by atoms with Gasteiger partial charge in [-0.25, -0.2) is 4.79 Å². The topological polar surface area (TPSA) is 49.9 Å². The Morgan fingerprint density at radius 1 is 1.08 bits per heavy atom. The maximum absolute atomic E-state index is 12.7. The van der Waals surface area contributed by atoms with Gasteiger partial charge in [0.2, 0.25) is 0 Å². The standard InChI is InChI=1S/C19H26N2O3S/c1-7-24-19(23)16(21(4)5)12-13-17(25-6)18(22)14-8-10-15(11-9-14)20(2)3/h8-13H,7H2,1-6H3. The van der Waals surface area contributed by atoms with E-state index in [9.17, 15) is 9.59 Å². The van der Waals surface area contributed by atoms with Crippen LogP contribution in [-0.2, 0) is 9.53 Å². The van der Waals surface area contributed by atoms with Crippen molar-refractivity contribution in [1.82, 2.24) is 4.90 Å². The van der Waals surface area contributed by atoms with Crippen LogP contribution in [0.25, 0.3) is 0 Å². The summed E-state index contributed by atoms with van der Waals surface area (Å²) in [5, 5.41) is 0. The van der Waals surface area contributed by atoms with Gasteiger partial charge in [-0.15, -0.1) is 11.8 Å². The third kappa shape index (κ3) is 5.98. The Hall–Kier alpha value is -2.21. The Kier molecular flexibility index (Phi) is 8.28. The summed E-state index contributed by atoms with van der Waals surface area (Å²) in [6.45, 7) is 2.07. The molecule has 0 radical (unpaired) electrons. The number of hydrogen-bond acceptors (Lipinski definition) is 6. The number of esters is 1. The minimum absolute atomic E-state index is 0.0731. The number of ketones is 1. The number of carbonyl (C=O) groups excluding carboxylic acids is 2. The number of thioether (sulfide) groups is 1. The Labute approximate surface area is 154 Å². The number of ether oxygens (including phenoxy) is 1. The van der Waals surface area contributed by atoms with Crippen molar-refractivity contribution in [3.8, 4) is 0 Å². The van der Waals surface area contributed by atoms with E-state index in [1.54, 1.807) is 38.1 Å². The molecular weight excluding hydrogens is 336 g/mol. The molecule has 0 spiro atoms. The van der Waals surface area contributed by atoms with Crippen LogP contribution in [0.4, 0.5) is 5.69 Å². The summed E-state index contributed by atoms with van der Waals surface area (Å²) in [4.78, 5) is 28.8. The predicted octanol–water partition coefficient (Wildman–Crippen LogP) is 3.19. The van der Waals surface area contributed by atoms with Crippen molar-refractivity contribution in [3.63, 3.8) is 0 Å². The van der Waals surface area contributed by atoms with E-state index in [4.69, 9.17) is 4.74 Å². The molecule has 0 bridgehead atoms. The molecular formula is C19H26N2O3S. The molecule has 0 fully saturated rings. The predicted molar refractivity (Wildman–Crippen MR) is 105 cm³/mol. The maximum Gasteiger partial charge on any atom is 0.354 e. The molecule has 5 nitrogen and oxygen atoms in total. The van der Waals surface area contributed by atoms with Crippen molar-refractivity contribution < 1.29 is 14.3 Å². The summed E-state index contributed by atoms with van der Waals surface area (Å²) in [5.41, 5.74) is 2.04. The second-order valence-electron chi connectivity index (χ2n) is 5.67. The fourth-order valence-corrected chi connectivity index (χ4v) is 2.56. The van der Waals surface area contributed by atoms with Gasteiger partial charge < -0.3 is 14.5 Å². The molecule has 1 aromatic carbocycles. The normalized spacial score (nSPS) is 11.9. The Bertz CT molecular complexity index is 662. The summed E-state index contributed by atoms with van der Waals surface area (Å²) < 4.78 is 5.04. The first-order chi connectivity index (χ1) is 11.8. The van der Waals surface area contributed by atoms with Crippen molar-refractivity contribution in [2.24, 2.45) is 0 Å². The molecule has 0 aliphatic heterocycles. The number of anilines is 1. The van der Waals surface area contributed by atoms with Gasteiger partial charge >= 0.3 is 5.97 Å². The first-order valence-electron chi connectivity index (χ1n) is 7.94. The second-order valence-corrected chi connectivity index (χ2v) is 6.52. The lowest BCUT2D eigenvalue weighted by Crippen LogP contribution is -2.21.